The predicted molar refractivity (Wildman–Crippen MR) is 91.9 cm³/mol. The van der Waals surface area contributed by atoms with E-state index >= 15 is 0 Å². The van der Waals surface area contributed by atoms with Crippen molar-refractivity contribution in [3.8, 4) is 0 Å². The molecule has 130 valence electrons. The molecule has 23 heavy (non-hydrogen) atoms. The largest absolute Gasteiger partial charge is 0.389 e. The molecule has 0 radical (unpaired) electrons. The van der Waals surface area contributed by atoms with Crippen molar-refractivity contribution in [3.63, 3.8) is 0 Å². The van der Waals surface area contributed by atoms with Crippen LogP contribution in [0.2, 0.25) is 0 Å². The van der Waals surface area contributed by atoms with Gasteiger partial charge in [-0.2, -0.15) is 0 Å². The van der Waals surface area contributed by atoms with Gasteiger partial charge in [-0.15, -0.1) is 0 Å². The molecule has 1 N–H and O–H groups in total. The Morgan fingerprint density at radius 3 is 2.48 bits per heavy atom. The van der Waals surface area contributed by atoms with Gasteiger partial charge in [-0.25, -0.2) is 0 Å². The Balaban J connectivity index is 1.61. The van der Waals surface area contributed by atoms with Gasteiger partial charge < -0.3 is 5.11 Å². The lowest BCUT2D eigenvalue weighted by Gasteiger charge is -2.60. The highest BCUT2D eigenvalue weighted by molar-refractivity contribution is 5.83. The van der Waals surface area contributed by atoms with Gasteiger partial charge in [0.15, 0.2) is 5.78 Å². The van der Waals surface area contributed by atoms with Gasteiger partial charge in [0.05, 0.1) is 0 Å². The quantitative estimate of drug-likeness (QED) is 0.808. The minimum Gasteiger partial charge on any atom is -0.389 e. The second kappa shape index (κ2) is 5.58. The monoisotopic (exact) mass is 318 g/mol. The van der Waals surface area contributed by atoms with Crippen molar-refractivity contribution in [2.24, 2.45) is 40.4 Å². The molecular formula is C21H34O2. The molecule has 0 aliphatic heterocycles. The molecule has 0 aromatic heterocycles. The number of Topliss-reactive ketones (excluding diaryl/α,β-unsaturated/α-hetero) is 1. The Labute approximate surface area is 141 Å². The fraction of sp³-hybridized carbons (Fsp3) is 0.952. The highest BCUT2D eigenvalue weighted by atomic mass is 16.3. The molecule has 4 aliphatic carbocycles. The molecule has 4 rings (SSSR count). The first-order chi connectivity index (χ1) is 11.0. The SMILES string of the molecule is C[C@]12CCCC[C@@H]1CC[C@@H]1[C@@H]2CC[C@]2(C)[C@@H](C(=O)CO)CC[C@@H]12. The van der Waals surface area contributed by atoms with Crippen molar-refractivity contribution in [1.82, 2.24) is 0 Å². The van der Waals surface area contributed by atoms with Crippen molar-refractivity contribution < 1.29 is 9.90 Å². The van der Waals surface area contributed by atoms with Crippen LogP contribution >= 0.6 is 0 Å². The molecule has 0 amide bonds. The Bertz CT molecular complexity index is 486. The van der Waals surface area contributed by atoms with E-state index < -0.39 is 0 Å². The van der Waals surface area contributed by atoms with Crippen molar-refractivity contribution in [2.45, 2.75) is 78.1 Å². The lowest BCUT2D eigenvalue weighted by atomic mass is 9.45. The highest BCUT2D eigenvalue weighted by Gasteiger charge is 2.60. The van der Waals surface area contributed by atoms with E-state index in [0.29, 0.717) is 5.41 Å². The topological polar surface area (TPSA) is 37.3 Å². The molecule has 2 heteroatoms. The molecule has 0 spiro atoms. The third kappa shape index (κ3) is 2.19. The van der Waals surface area contributed by atoms with Crippen molar-refractivity contribution in [3.05, 3.63) is 0 Å². The first kappa shape index (κ1) is 16.1. The summed E-state index contributed by atoms with van der Waals surface area (Å²) in [6.45, 7) is 4.75. The number of carbonyl (C=O) groups excluding carboxylic acids is 1. The number of ketones is 1. The van der Waals surface area contributed by atoms with Crippen molar-refractivity contribution in [2.75, 3.05) is 6.61 Å². The lowest BCUT2D eigenvalue weighted by Crippen LogP contribution is -2.53. The van der Waals surface area contributed by atoms with Crippen LogP contribution in [-0.2, 0) is 4.79 Å². The normalized spacial score (nSPS) is 52.4. The standard InChI is InChI=1S/C21H34O2/c1-20-11-4-3-5-14(20)6-7-15-16-8-9-18(19(23)13-22)21(16,2)12-10-17(15)20/h14-18,22H,3-13H2,1-2H3/t14-,15+,16+,17+,18-,20+,21+/m1/s1. The van der Waals surface area contributed by atoms with E-state index in [1.165, 1.54) is 57.8 Å². The summed E-state index contributed by atoms with van der Waals surface area (Å²) in [5, 5.41) is 9.38. The zero-order valence-corrected chi connectivity index (χ0v) is 15.0. The maximum atomic E-state index is 12.3. The second-order valence-corrected chi connectivity index (χ2v) is 9.70. The lowest BCUT2D eigenvalue weighted by molar-refractivity contribution is -0.137. The number of hydrogen-bond acceptors (Lipinski definition) is 2. The number of hydrogen-bond donors (Lipinski definition) is 1. The van der Waals surface area contributed by atoms with Crippen molar-refractivity contribution >= 4 is 5.78 Å². The first-order valence-electron chi connectivity index (χ1n) is 10.1. The van der Waals surface area contributed by atoms with Crippen LogP contribution in [-0.4, -0.2) is 17.5 Å². The summed E-state index contributed by atoms with van der Waals surface area (Å²) in [7, 11) is 0. The van der Waals surface area contributed by atoms with Gasteiger partial charge in [0.25, 0.3) is 0 Å². The molecule has 4 saturated carbocycles. The Morgan fingerprint density at radius 1 is 0.913 bits per heavy atom. The van der Waals surface area contributed by atoms with E-state index in [0.717, 1.165) is 30.1 Å². The maximum absolute atomic E-state index is 12.3. The van der Waals surface area contributed by atoms with Crippen molar-refractivity contribution in [1.29, 1.82) is 0 Å². The van der Waals surface area contributed by atoms with E-state index in [2.05, 4.69) is 13.8 Å². The smallest absolute Gasteiger partial charge is 0.161 e. The summed E-state index contributed by atoms with van der Waals surface area (Å²) in [5.41, 5.74) is 0.764. The van der Waals surface area contributed by atoms with Crippen LogP contribution in [0, 0.1) is 40.4 Å². The average Bonchev–Trinajstić information content (AvgIpc) is 2.91. The van der Waals surface area contributed by atoms with Crippen LogP contribution in [0.15, 0.2) is 0 Å². The van der Waals surface area contributed by atoms with Gasteiger partial charge in [0, 0.05) is 5.92 Å². The Kier molecular flexibility index (Phi) is 3.91. The number of carbonyl (C=O) groups is 1. The van der Waals surface area contributed by atoms with Crippen LogP contribution in [0.5, 0.6) is 0 Å². The zero-order valence-electron chi connectivity index (χ0n) is 15.0. The summed E-state index contributed by atoms with van der Waals surface area (Å²) >= 11 is 0. The van der Waals surface area contributed by atoms with E-state index in [9.17, 15) is 9.90 Å². The van der Waals surface area contributed by atoms with E-state index in [-0.39, 0.29) is 23.7 Å². The van der Waals surface area contributed by atoms with Crippen LogP contribution in [0.25, 0.3) is 0 Å². The molecule has 0 bridgehead atoms. The van der Waals surface area contributed by atoms with Gasteiger partial charge in [0.1, 0.15) is 6.61 Å². The Morgan fingerprint density at radius 2 is 1.70 bits per heavy atom. The zero-order chi connectivity index (χ0) is 16.2. The fourth-order valence-electron chi connectivity index (χ4n) is 7.93. The molecule has 0 aromatic carbocycles. The number of fused-ring (bicyclic) bond motifs is 5. The number of rotatable bonds is 2. The predicted octanol–water partition coefficient (Wildman–Crippen LogP) is 4.60. The summed E-state index contributed by atoms with van der Waals surface area (Å²) < 4.78 is 0. The molecule has 4 fully saturated rings. The van der Waals surface area contributed by atoms with E-state index in [4.69, 9.17) is 0 Å². The summed E-state index contributed by atoms with van der Waals surface area (Å²) in [5.74, 6) is 3.72. The molecule has 0 saturated heterocycles. The molecule has 4 aliphatic rings. The maximum Gasteiger partial charge on any atom is 0.161 e. The summed E-state index contributed by atoms with van der Waals surface area (Å²) in [6.07, 6.45) is 13.5. The van der Waals surface area contributed by atoms with E-state index in [1.54, 1.807) is 0 Å². The summed E-state index contributed by atoms with van der Waals surface area (Å²) in [4.78, 5) is 12.3. The summed E-state index contributed by atoms with van der Waals surface area (Å²) in [6, 6.07) is 0. The van der Waals surface area contributed by atoms with Crippen LogP contribution < -0.4 is 0 Å². The minimum atomic E-state index is -0.249. The van der Waals surface area contributed by atoms with Gasteiger partial charge in [-0.3, -0.25) is 4.79 Å². The molecule has 2 nitrogen and oxygen atoms in total. The minimum absolute atomic E-state index is 0.117. The van der Waals surface area contributed by atoms with Gasteiger partial charge >= 0.3 is 0 Å². The van der Waals surface area contributed by atoms with Gasteiger partial charge in [-0.1, -0.05) is 26.7 Å². The third-order valence-electron chi connectivity index (χ3n) is 9.13. The molecular weight excluding hydrogens is 284 g/mol. The first-order valence-corrected chi connectivity index (χ1v) is 10.1. The molecule has 0 aromatic rings. The molecule has 0 unspecified atom stereocenters. The van der Waals surface area contributed by atoms with E-state index in [1.807, 2.05) is 0 Å². The Hall–Kier alpha value is -0.370. The molecule has 0 heterocycles. The van der Waals surface area contributed by atoms with Gasteiger partial charge in [0.2, 0.25) is 0 Å². The van der Waals surface area contributed by atoms with Crippen LogP contribution in [0.1, 0.15) is 78.1 Å². The average molecular weight is 319 g/mol. The fourth-order valence-corrected chi connectivity index (χ4v) is 7.93. The highest BCUT2D eigenvalue weighted by Crippen LogP contribution is 2.67. The van der Waals surface area contributed by atoms with Gasteiger partial charge in [-0.05, 0) is 85.9 Å². The van der Waals surface area contributed by atoms with Crippen LogP contribution in [0.4, 0.5) is 0 Å². The van der Waals surface area contributed by atoms with Crippen LogP contribution in [0.3, 0.4) is 0 Å². The number of aliphatic hydroxyl groups excluding tert-OH is 1. The number of aliphatic hydroxyl groups is 1. The third-order valence-corrected chi connectivity index (χ3v) is 9.13. The second-order valence-electron chi connectivity index (χ2n) is 9.70. The molecule has 7 atom stereocenters.